The van der Waals surface area contributed by atoms with Crippen LogP contribution in [0, 0.1) is 11.6 Å². The van der Waals surface area contributed by atoms with Crippen molar-refractivity contribution in [2.45, 2.75) is 6.54 Å². The average molecular weight is 422 g/mol. The largest absolute Gasteiger partial charge is 0.481 e. The Morgan fingerprint density at radius 2 is 1.81 bits per heavy atom. The highest BCUT2D eigenvalue weighted by Gasteiger charge is 2.19. The molecule has 4 rings (SSSR count). The van der Waals surface area contributed by atoms with Crippen LogP contribution in [0.4, 0.5) is 14.5 Å². The molecule has 9 heteroatoms. The smallest absolute Gasteiger partial charge is 0.261 e. The molecule has 3 aromatic heterocycles. The number of hydrogen-bond donors (Lipinski definition) is 1. The lowest BCUT2D eigenvalue weighted by atomic mass is 10.1. The molecule has 7 nitrogen and oxygen atoms in total. The molecule has 0 bridgehead atoms. The van der Waals surface area contributed by atoms with Gasteiger partial charge < -0.3 is 14.6 Å². The molecule has 1 aromatic carbocycles. The number of nitrogens with one attached hydrogen (secondary N) is 1. The Bertz CT molecular complexity index is 1320. The number of amides is 1. The summed E-state index contributed by atoms with van der Waals surface area (Å²) < 4.78 is 35.0. The van der Waals surface area contributed by atoms with E-state index in [4.69, 9.17) is 4.74 Å². The van der Waals surface area contributed by atoms with Gasteiger partial charge >= 0.3 is 0 Å². The lowest BCUT2D eigenvalue weighted by Gasteiger charge is -2.15. The number of carbonyl (C=O) groups excluding carboxylic acids is 1. The minimum absolute atomic E-state index is 0.0570. The van der Waals surface area contributed by atoms with E-state index in [0.717, 1.165) is 12.1 Å². The van der Waals surface area contributed by atoms with E-state index in [1.165, 1.54) is 42.4 Å². The molecule has 0 fully saturated rings. The van der Waals surface area contributed by atoms with Crippen LogP contribution in [-0.4, -0.2) is 27.6 Å². The van der Waals surface area contributed by atoms with E-state index in [9.17, 15) is 18.4 Å². The number of fused-ring (bicyclic) bond motifs is 1. The van der Waals surface area contributed by atoms with Crippen molar-refractivity contribution >= 4 is 22.6 Å². The molecule has 0 saturated carbocycles. The molecule has 0 radical (unpaired) electrons. The molecule has 4 aromatic rings. The van der Waals surface area contributed by atoms with Gasteiger partial charge in [-0.3, -0.25) is 14.6 Å². The Kier molecular flexibility index (Phi) is 5.40. The van der Waals surface area contributed by atoms with Gasteiger partial charge in [-0.15, -0.1) is 0 Å². The van der Waals surface area contributed by atoms with Gasteiger partial charge in [-0.05, 0) is 30.3 Å². The highest BCUT2D eigenvalue weighted by molar-refractivity contribution is 6.05. The number of pyridine rings is 3. The lowest BCUT2D eigenvalue weighted by Crippen LogP contribution is -2.25. The monoisotopic (exact) mass is 422 g/mol. The van der Waals surface area contributed by atoms with Crippen molar-refractivity contribution in [1.29, 1.82) is 0 Å². The molecule has 156 valence electrons. The standard InChI is InChI=1S/C22H16F2N4O3/c1-31-19-6-5-18-20(27-19)21(29)15(22(30)26-13-7-9-25-10-8-13)12-28(18)11-14-16(23)3-2-4-17(14)24/h2-10,12H,11H2,1H3,(H,25,26,30). The predicted molar refractivity (Wildman–Crippen MR) is 110 cm³/mol. The third kappa shape index (κ3) is 3.97. The summed E-state index contributed by atoms with van der Waals surface area (Å²) in [5.41, 5.74) is -0.395. The number of ether oxygens (including phenoxy) is 1. The fourth-order valence-corrected chi connectivity index (χ4v) is 3.14. The van der Waals surface area contributed by atoms with Crippen molar-refractivity contribution in [3.8, 4) is 5.88 Å². The van der Waals surface area contributed by atoms with Crippen LogP contribution in [0.2, 0.25) is 0 Å². The zero-order valence-electron chi connectivity index (χ0n) is 16.3. The van der Waals surface area contributed by atoms with Crippen molar-refractivity contribution in [2.75, 3.05) is 12.4 Å². The molecule has 0 aliphatic heterocycles. The highest BCUT2D eigenvalue weighted by atomic mass is 19.1. The summed E-state index contributed by atoms with van der Waals surface area (Å²) >= 11 is 0. The summed E-state index contributed by atoms with van der Waals surface area (Å²) in [5.74, 6) is -2.00. The molecule has 0 aliphatic rings. The molecule has 0 aliphatic carbocycles. The van der Waals surface area contributed by atoms with Gasteiger partial charge in [-0.1, -0.05) is 6.07 Å². The number of aromatic nitrogens is 3. The molecule has 0 atom stereocenters. The molecule has 1 amide bonds. The van der Waals surface area contributed by atoms with Gasteiger partial charge in [-0.25, -0.2) is 13.8 Å². The van der Waals surface area contributed by atoms with Gasteiger partial charge in [0.15, 0.2) is 0 Å². The van der Waals surface area contributed by atoms with Gasteiger partial charge in [0.1, 0.15) is 22.7 Å². The van der Waals surface area contributed by atoms with Crippen LogP contribution >= 0.6 is 0 Å². The van der Waals surface area contributed by atoms with E-state index in [2.05, 4.69) is 15.3 Å². The quantitative estimate of drug-likeness (QED) is 0.533. The van der Waals surface area contributed by atoms with Gasteiger partial charge in [-0.2, -0.15) is 0 Å². The predicted octanol–water partition coefficient (Wildman–Crippen LogP) is 3.38. The Hall–Kier alpha value is -4.14. The number of benzene rings is 1. The zero-order chi connectivity index (χ0) is 22.0. The molecule has 0 unspecified atom stereocenters. The van der Waals surface area contributed by atoms with Gasteiger partial charge in [0, 0.05) is 35.9 Å². The molecule has 0 saturated heterocycles. The van der Waals surface area contributed by atoms with Crippen molar-refractivity contribution in [2.24, 2.45) is 0 Å². The highest BCUT2D eigenvalue weighted by Crippen LogP contribution is 2.20. The van der Waals surface area contributed by atoms with E-state index in [0.29, 0.717) is 11.2 Å². The summed E-state index contributed by atoms with van der Waals surface area (Å²) in [4.78, 5) is 33.9. The molecule has 0 spiro atoms. The first kappa shape index (κ1) is 20.1. The van der Waals surface area contributed by atoms with E-state index >= 15 is 0 Å². The summed E-state index contributed by atoms with van der Waals surface area (Å²) in [5, 5.41) is 2.61. The van der Waals surface area contributed by atoms with Crippen LogP contribution in [0.3, 0.4) is 0 Å². The Morgan fingerprint density at radius 1 is 1.10 bits per heavy atom. The molecular formula is C22H16F2N4O3. The molecular weight excluding hydrogens is 406 g/mol. The first-order chi connectivity index (χ1) is 15.0. The van der Waals surface area contributed by atoms with Gasteiger partial charge in [0.25, 0.3) is 5.91 Å². The summed E-state index contributed by atoms with van der Waals surface area (Å²) in [6.07, 6.45) is 4.24. The maximum Gasteiger partial charge on any atom is 0.261 e. The third-order valence-electron chi connectivity index (χ3n) is 4.68. The van der Waals surface area contributed by atoms with E-state index in [-0.39, 0.29) is 29.1 Å². The van der Waals surface area contributed by atoms with Crippen LogP contribution in [0.25, 0.3) is 11.0 Å². The van der Waals surface area contributed by atoms with Gasteiger partial charge in [0.2, 0.25) is 11.3 Å². The Morgan fingerprint density at radius 3 is 2.48 bits per heavy atom. The summed E-state index contributed by atoms with van der Waals surface area (Å²) in [6.45, 7) is -0.251. The maximum absolute atomic E-state index is 14.2. The zero-order valence-corrected chi connectivity index (χ0v) is 16.3. The van der Waals surface area contributed by atoms with Crippen molar-refractivity contribution in [3.63, 3.8) is 0 Å². The minimum Gasteiger partial charge on any atom is -0.481 e. The number of rotatable bonds is 5. The fourth-order valence-electron chi connectivity index (χ4n) is 3.14. The van der Waals surface area contributed by atoms with Crippen molar-refractivity contribution < 1.29 is 18.3 Å². The van der Waals surface area contributed by atoms with Crippen LogP contribution < -0.4 is 15.5 Å². The number of nitrogens with zero attached hydrogens (tertiary/aromatic N) is 3. The Balaban J connectivity index is 1.87. The second kappa shape index (κ2) is 8.31. The van der Waals surface area contributed by atoms with Crippen molar-refractivity contribution in [1.82, 2.24) is 14.5 Å². The van der Waals surface area contributed by atoms with E-state index < -0.39 is 23.0 Å². The number of anilines is 1. The number of hydrogen-bond acceptors (Lipinski definition) is 5. The topological polar surface area (TPSA) is 86.1 Å². The second-order valence-corrected chi connectivity index (χ2v) is 6.61. The fraction of sp³-hybridized carbons (Fsp3) is 0.0909. The van der Waals surface area contributed by atoms with Crippen LogP contribution in [0.1, 0.15) is 15.9 Å². The first-order valence-electron chi connectivity index (χ1n) is 9.20. The number of methoxy groups -OCH3 is 1. The molecule has 31 heavy (non-hydrogen) atoms. The summed E-state index contributed by atoms with van der Waals surface area (Å²) in [7, 11) is 1.39. The lowest BCUT2D eigenvalue weighted by molar-refractivity contribution is 0.102. The average Bonchev–Trinajstić information content (AvgIpc) is 2.78. The second-order valence-electron chi connectivity index (χ2n) is 6.61. The maximum atomic E-state index is 14.2. The van der Waals surface area contributed by atoms with Gasteiger partial charge in [0.05, 0.1) is 19.2 Å². The first-order valence-corrected chi connectivity index (χ1v) is 9.20. The van der Waals surface area contributed by atoms with E-state index in [1.54, 1.807) is 18.2 Å². The van der Waals surface area contributed by atoms with Crippen LogP contribution in [0.15, 0.2) is 65.8 Å². The Labute approximate surface area is 175 Å². The normalized spacial score (nSPS) is 10.8. The number of carbonyl (C=O) groups is 1. The van der Waals surface area contributed by atoms with E-state index in [1.807, 2.05) is 0 Å². The van der Waals surface area contributed by atoms with Crippen LogP contribution in [0.5, 0.6) is 5.88 Å². The summed E-state index contributed by atoms with van der Waals surface area (Å²) in [6, 6.07) is 9.74. The minimum atomic E-state index is -0.740. The molecule has 1 N–H and O–H groups in total. The third-order valence-corrected chi connectivity index (χ3v) is 4.68. The number of halogens is 2. The SMILES string of the molecule is COc1ccc2c(n1)c(=O)c(C(=O)Nc1ccncc1)cn2Cc1c(F)cccc1F. The molecule has 3 heterocycles. The van der Waals surface area contributed by atoms with Crippen molar-refractivity contribution in [3.05, 3.63) is 94.0 Å². The van der Waals surface area contributed by atoms with Crippen LogP contribution in [-0.2, 0) is 6.54 Å².